The van der Waals surface area contributed by atoms with Gasteiger partial charge in [-0.25, -0.2) is 9.38 Å². The number of hydrogen-bond donors (Lipinski definition) is 1. The van der Waals surface area contributed by atoms with Gasteiger partial charge in [-0.3, -0.25) is 5.43 Å². The van der Waals surface area contributed by atoms with Crippen LogP contribution in [0, 0.1) is 19.7 Å². The molecule has 0 spiro atoms. The molecule has 2 aromatic carbocycles. The van der Waals surface area contributed by atoms with Gasteiger partial charge in [-0.05, 0) is 43.7 Å². The number of aliphatic imine (C=N–C) groups is 1. The summed E-state index contributed by atoms with van der Waals surface area (Å²) >= 11 is 1.59. The molecule has 3 rings (SSSR count). The number of nitrogens with one attached hydrogen (secondary N) is 1. The van der Waals surface area contributed by atoms with E-state index in [2.05, 4.69) is 47.6 Å². The lowest BCUT2D eigenvalue weighted by Crippen LogP contribution is -2.25. The Balaban J connectivity index is 1.78. The minimum Gasteiger partial charge on any atom is -0.255 e. The van der Waals surface area contributed by atoms with Gasteiger partial charge in [-0.15, -0.1) is 0 Å². The van der Waals surface area contributed by atoms with Crippen molar-refractivity contribution in [2.24, 2.45) is 10.1 Å². The second-order valence-corrected chi connectivity index (χ2v) is 6.13. The van der Waals surface area contributed by atoms with E-state index in [0.717, 1.165) is 22.2 Å². The quantitative estimate of drug-likeness (QED) is 0.903. The molecule has 0 radical (unpaired) electrons. The molecule has 0 atom stereocenters. The SMILES string of the molecule is Cc1ccc(C2=NNC(=Nc3ccc(F)cc3)SC2)c(C)c1. The highest BCUT2D eigenvalue weighted by molar-refractivity contribution is 8.14. The second-order valence-electron chi connectivity index (χ2n) is 5.17. The zero-order valence-electron chi connectivity index (χ0n) is 12.4. The summed E-state index contributed by atoms with van der Waals surface area (Å²) in [5, 5.41) is 5.15. The number of aryl methyl sites for hydroxylation is 2. The number of benzene rings is 2. The Morgan fingerprint density at radius 3 is 2.55 bits per heavy atom. The third kappa shape index (κ3) is 3.36. The van der Waals surface area contributed by atoms with Crippen molar-refractivity contribution in [3.8, 4) is 0 Å². The number of halogens is 1. The first kappa shape index (κ1) is 14.8. The number of hydrazone groups is 1. The molecule has 0 fully saturated rings. The van der Waals surface area contributed by atoms with Crippen LogP contribution in [0.3, 0.4) is 0 Å². The molecular formula is C17H16FN3S. The van der Waals surface area contributed by atoms with Crippen LogP contribution in [0.5, 0.6) is 0 Å². The Labute approximate surface area is 133 Å². The molecule has 1 aliphatic rings. The molecule has 3 nitrogen and oxygen atoms in total. The maximum Gasteiger partial charge on any atom is 0.182 e. The zero-order chi connectivity index (χ0) is 15.5. The van der Waals surface area contributed by atoms with Crippen LogP contribution in [-0.4, -0.2) is 16.6 Å². The first-order valence-corrected chi connectivity index (χ1v) is 7.97. The first-order valence-electron chi connectivity index (χ1n) is 6.99. The van der Waals surface area contributed by atoms with Gasteiger partial charge in [0.2, 0.25) is 0 Å². The monoisotopic (exact) mass is 313 g/mol. The highest BCUT2D eigenvalue weighted by Gasteiger charge is 2.14. The summed E-state index contributed by atoms with van der Waals surface area (Å²) in [5.74, 6) is 0.500. The minimum absolute atomic E-state index is 0.261. The van der Waals surface area contributed by atoms with Crippen LogP contribution in [0.15, 0.2) is 52.6 Å². The van der Waals surface area contributed by atoms with Gasteiger partial charge in [-0.1, -0.05) is 35.5 Å². The molecule has 0 aromatic heterocycles. The maximum absolute atomic E-state index is 12.9. The molecule has 22 heavy (non-hydrogen) atoms. The van der Waals surface area contributed by atoms with Crippen molar-refractivity contribution in [2.45, 2.75) is 13.8 Å². The molecule has 0 bridgehead atoms. The van der Waals surface area contributed by atoms with Gasteiger partial charge in [0.05, 0.1) is 11.4 Å². The average molecular weight is 313 g/mol. The topological polar surface area (TPSA) is 36.8 Å². The van der Waals surface area contributed by atoms with Crippen molar-refractivity contribution < 1.29 is 4.39 Å². The van der Waals surface area contributed by atoms with E-state index in [-0.39, 0.29) is 5.82 Å². The Bertz CT molecular complexity index is 751. The molecule has 1 N–H and O–H groups in total. The maximum atomic E-state index is 12.9. The fraction of sp³-hybridized carbons (Fsp3) is 0.176. The molecule has 112 valence electrons. The Hall–Kier alpha value is -2.14. The van der Waals surface area contributed by atoms with Crippen LogP contribution in [0.25, 0.3) is 0 Å². The summed E-state index contributed by atoms with van der Waals surface area (Å²) in [6, 6.07) is 12.5. The molecule has 2 aromatic rings. The fourth-order valence-corrected chi connectivity index (χ4v) is 3.06. The van der Waals surface area contributed by atoms with Crippen LogP contribution >= 0.6 is 11.8 Å². The number of thioether (sulfide) groups is 1. The van der Waals surface area contributed by atoms with Gasteiger partial charge < -0.3 is 0 Å². The summed E-state index contributed by atoms with van der Waals surface area (Å²) in [7, 11) is 0. The predicted molar refractivity (Wildman–Crippen MR) is 91.5 cm³/mol. The van der Waals surface area contributed by atoms with Crippen molar-refractivity contribution in [3.05, 3.63) is 65.0 Å². The van der Waals surface area contributed by atoms with Crippen LogP contribution in [-0.2, 0) is 0 Å². The predicted octanol–water partition coefficient (Wildman–Crippen LogP) is 4.17. The van der Waals surface area contributed by atoms with E-state index >= 15 is 0 Å². The van der Waals surface area contributed by atoms with Crippen molar-refractivity contribution in [1.29, 1.82) is 0 Å². The standard InChI is InChI=1S/C17H16FN3S/c1-11-3-8-15(12(2)9-11)16-10-22-17(21-20-16)19-14-6-4-13(18)5-7-14/h3-9H,10H2,1-2H3,(H,19,21). The molecule has 0 saturated heterocycles. The Morgan fingerprint density at radius 1 is 1.14 bits per heavy atom. The van der Waals surface area contributed by atoms with Gasteiger partial charge in [0.1, 0.15) is 5.82 Å². The highest BCUT2D eigenvalue weighted by atomic mass is 32.2. The molecule has 0 aliphatic carbocycles. The third-order valence-corrected chi connectivity index (χ3v) is 4.26. The van der Waals surface area contributed by atoms with Crippen LogP contribution < -0.4 is 5.43 Å². The Kier molecular flexibility index (Phi) is 4.24. The number of nitrogens with zero attached hydrogens (tertiary/aromatic N) is 2. The number of amidine groups is 1. The van der Waals surface area contributed by atoms with E-state index in [9.17, 15) is 4.39 Å². The first-order chi connectivity index (χ1) is 10.6. The van der Waals surface area contributed by atoms with Gasteiger partial charge in [0, 0.05) is 11.3 Å². The van der Waals surface area contributed by atoms with Gasteiger partial charge in [-0.2, -0.15) is 5.10 Å². The number of rotatable bonds is 2. The van der Waals surface area contributed by atoms with E-state index < -0.39 is 0 Å². The molecular weight excluding hydrogens is 297 g/mol. The van der Waals surface area contributed by atoms with Crippen LogP contribution in [0.1, 0.15) is 16.7 Å². The lowest BCUT2D eigenvalue weighted by atomic mass is 10.0. The normalized spacial score (nSPS) is 16.3. The largest absolute Gasteiger partial charge is 0.255 e. The van der Waals surface area contributed by atoms with E-state index in [1.807, 2.05) is 0 Å². The third-order valence-electron chi connectivity index (χ3n) is 3.38. The van der Waals surface area contributed by atoms with Gasteiger partial charge in [0.15, 0.2) is 5.17 Å². The second kappa shape index (κ2) is 6.32. The summed E-state index contributed by atoms with van der Waals surface area (Å²) in [6.45, 7) is 4.18. The summed E-state index contributed by atoms with van der Waals surface area (Å²) < 4.78 is 12.9. The summed E-state index contributed by atoms with van der Waals surface area (Å²) in [6.07, 6.45) is 0. The van der Waals surface area contributed by atoms with E-state index in [1.54, 1.807) is 23.9 Å². The molecule has 0 saturated carbocycles. The van der Waals surface area contributed by atoms with E-state index in [0.29, 0.717) is 5.69 Å². The van der Waals surface area contributed by atoms with Gasteiger partial charge >= 0.3 is 0 Å². The Morgan fingerprint density at radius 2 is 1.91 bits per heavy atom. The lowest BCUT2D eigenvalue weighted by Gasteiger charge is -2.16. The van der Waals surface area contributed by atoms with Gasteiger partial charge in [0.25, 0.3) is 0 Å². The molecule has 0 unspecified atom stereocenters. The van der Waals surface area contributed by atoms with Crippen LogP contribution in [0.4, 0.5) is 10.1 Å². The summed E-state index contributed by atoms with van der Waals surface area (Å²) in [4.78, 5) is 4.42. The minimum atomic E-state index is -0.261. The molecule has 1 heterocycles. The molecule has 1 aliphatic heterocycles. The van der Waals surface area contributed by atoms with Crippen molar-refractivity contribution in [1.82, 2.24) is 5.43 Å². The van der Waals surface area contributed by atoms with Crippen molar-refractivity contribution >= 4 is 28.3 Å². The van der Waals surface area contributed by atoms with E-state index in [1.165, 1.54) is 23.3 Å². The average Bonchev–Trinajstić information content (AvgIpc) is 2.51. The van der Waals surface area contributed by atoms with Crippen molar-refractivity contribution in [2.75, 3.05) is 5.75 Å². The molecule has 0 amide bonds. The molecule has 5 heteroatoms. The van der Waals surface area contributed by atoms with Crippen LogP contribution in [0.2, 0.25) is 0 Å². The zero-order valence-corrected chi connectivity index (χ0v) is 13.2. The number of hydrogen-bond acceptors (Lipinski definition) is 3. The fourth-order valence-electron chi connectivity index (χ4n) is 2.28. The van der Waals surface area contributed by atoms with Crippen molar-refractivity contribution in [3.63, 3.8) is 0 Å². The summed E-state index contributed by atoms with van der Waals surface area (Å²) in [5.41, 5.74) is 8.33. The lowest BCUT2D eigenvalue weighted by molar-refractivity contribution is 0.628. The highest BCUT2D eigenvalue weighted by Crippen LogP contribution is 2.20. The van der Waals surface area contributed by atoms with E-state index in [4.69, 9.17) is 0 Å². The smallest absolute Gasteiger partial charge is 0.182 e.